The number of nitro benzene ring substituents is 1. The van der Waals surface area contributed by atoms with Crippen LogP contribution in [-0.2, 0) is 25.5 Å². The van der Waals surface area contributed by atoms with E-state index in [-0.39, 0.29) is 40.4 Å². The Morgan fingerprint density at radius 1 is 0.870 bits per heavy atom. The van der Waals surface area contributed by atoms with Crippen LogP contribution in [0.3, 0.4) is 0 Å². The Morgan fingerprint density at radius 3 is 2.09 bits per heavy atom. The topological polar surface area (TPSA) is 171 Å². The highest BCUT2D eigenvalue weighted by atomic mass is 16.6. The van der Waals surface area contributed by atoms with Crippen molar-refractivity contribution in [2.45, 2.75) is 58.2 Å². The molecule has 54 heavy (non-hydrogen) atoms. The van der Waals surface area contributed by atoms with Gasteiger partial charge in [0.25, 0.3) is 5.69 Å². The number of rotatable bonds is 7. The van der Waals surface area contributed by atoms with Gasteiger partial charge in [-0.1, -0.05) is 32.0 Å². The third-order valence-corrected chi connectivity index (χ3v) is 10.1. The van der Waals surface area contributed by atoms with Crippen LogP contribution >= 0.6 is 0 Å². The number of dihydropyridines is 1. The summed E-state index contributed by atoms with van der Waals surface area (Å²) in [7, 11) is 5.58. The number of allylic oxidation sites excluding steroid dienone is 2. The van der Waals surface area contributed by atoms with Crippen molar-refractivity contribution in [3.63, 3.8) is 0 Å². The van der Waals surface area contributed by atoms with Crippen molar-refractivity contribution < 1.29 is 52.5 Å². The number of benzene rings is 3. The minimum Gasteiger partial charge on any atom is -0.493 e. The number of Topliss-reactive ketones (excluding diaryl/α,β-unsaturated/α-hetero) is 1. The molecule has 3 aromatic rings. The molecule has 0 bridgehead atoms. The number of esters is 2. The molecule has 4 aliphatic heterocycles. The molecule has 0 spiro atoms. The molecule has 284 valence electrons. The van der Waals surface area contributed by atoms with E-state index < -0.39 is 28.7 Å². The van der Waals surface area contributed by atoms with E-state index in [4.69, 9.17) is 33.2 Å². The van der Waals surface area contributed by atoms with Gasteiger partial charge in [-0.25, -0.2) is 9.59 Å². The van der Waals surface area contributed by atoms with Gasteiger partial charge in [-0.05, 0) is 38.0 Å². The van der Waals surface area contributed by atoms with E-state index in [1.54, 1.807) is 40.2 Å². The smallest absolute Gasteiger partial charge is 0.336 e. The Labute approximate surface area is 312 Å². The number of nitro groups is 1. The minimum atomic E-state index is -0.970. The maximum atomic E-state index is 13.5. The fourth-order valence-corrected chi connectivity index (χ4v) is 7.43. The summed E-state index contributed by atoms with van der Waals surface area (Å²) in [5, 5.41) is 14.4. The van der Waals surface area contributed by atoms with Crippen molar-refractivity contribution >= 4 is 23.4 Å². The third kappa shape index (κ3) is 6.56. The lowest BCUT2D eigenvalue weighted by molar-refractivity contribution is -0.385. The van der Waals surface area contributed by atoms with Gasteiger partial charge in [0.15, 0.2) is 17.3 Å². The van der Waals surface area contributed by atoms with E-state index in [9.17, 15) is 24.5 Å². The number of fused-ring (bicyclic) bond motifs is 6. The Bertz CT molecular complexity index is 2060. The summed E-state index contributed by atoms with van der Waals surface area (Å²) in [6.45, 7) is 7.87. The van der Waals surface area contributed by atoms with Gasteiger partial charge in [0, 0.05) is 46.6 Å². The molecule has 14 nitrogen and oxygen atoms in total. The second-order valence-electron chi connectivity index (χ2n) is 13.5. The van der Waals surface area contributed by atoms with Crippen molar-refractivity contribution in [2.75, 3.05) is 35.0 Å². The predicted molar refractivity (Wildman–Crippen MR) is 194 cm³/mol. The van der Waals surface area contributed by atoms with E-state index >= 15 is 0 Å². The third-order valence-electron chi connectivity index (χ3n) is 10.1. The molecule has 14 heteroatoms. The van der Waals surface area contributed by atoms with Crippen LogP contribution in [0.25, 0.3) is 0 Å². The van der Waals surface area contributed by atoms with E-state index in [1.807, 2.05) is 18.2 Å². The lowest BCUT2D eigenvalue weighted by atomic mass is 9.79. The van der Waals surface area contributed by atoms with Crippen LogP contribution in [0.5, 0.6) is 28.7 Å². The van der Waals surface area contributed by atoms with Gasteiger partial charge >= 0.3 is 11.9 Å². The van der Waals surface area contributed by atoms with Crippen LogP contribution in [0.15, 0.2) is 71.1 Å². The molecule has 4 aliphatic rings. The van der Waals surface area contributed by atoms with E-state index in [1.165, 1.54) is 32.4 Å². The maximum absolute atomic E-state index is 13.5. The number of para-hydroxylation sites is 1. The van der Waals surface area contributed by atoms with E-state index in [2.05, 4.69) is 19.2 Å². The second kappa shape index (κ2) is 15.1. The Balaban J connectivity index is 0.000000187. The molecule has 3 aromatic carbocycles. The first-order valence-electron chi connectivity index (χ1n) is 17.4. The monoisotopic (exact) mass is 742 g/mol. The average Bonchev–Trinajstić information content (AvgIpc) is 3.62. The van der Waals surface area contributed by atoms with Crippen LogP contribution in [0.1, 0.15) is 66.6 Å². The first kappa shape index (κ1) is 37.7. The largest absolute Gasteiger partial charge is 0.493 e. The first-order valence-corrected chi connectivity index (χ1v) is 17.4. The molecule has 0 saturated carbocycles. The molecule has 7 rings (SSSR count). The molecule has 0 amide bonds. The Morgan fingerprint density at radius 2 is 1.50 bits per heavy atom. The minimum absolute atomic E-state index is 0.0452. The summed E-state index contributed by atoms with van der Waals surface area (Å²) in [6, 6.07) is 13.3. The number of nitrogens with zero attached hydrogens (tertiary/aromatic N) is 1. The Hall–Kier alpha value is -6.05. The maximum Gasteiger partial charge on any atom is 0.336 e. The van der Waals surface area contributed by atoms with Gasteiger partial charge in [0.2, 0.25) is 0 Å². The summed E-state index contributed by atoms with van der Waals surface area (Å²) < 4.78 is 38.8. The van der Waals surface area contributed by atoms with Gasteiger partial charge in [0.1, 0.15) is 36.1 Å². The van der Waals surface area contributed by atoms with Crippen molar-refractivity contribution in [2.24, 2.45) is 5.92 Å². The molecule has 3 atom stereocenters. The van der Waals surface area contributed by atoms with Gasteiger partial charge in [-0.15, -0.1) is 0 Å². The molecule has 3 unspecified atom stereocenters. The fourth-order valence-electron chi connectivity index (χ4n) is 7.43. The predicted octanol–water partition coefficient (Wildman–Crippen LogP) is 5.96. The lowest BCUT2D eigenvalue weighted by Gasteiger charge is -2.37. The molecular formula is C40H42N2O12. The standard InChI is InChI=1S/C23H24O6.C17H18N2O6/c1-11(2)16-8-14-15(28-16)6-5-12-22(24)21-13-7-18(25-3)19(26-4)9-17(13)27-10-20(21)29-23(12)14;1-9-13(16(20)24-3)15(14(10(2)18-9)17(21)25-4)11-7-5-6-8-12(11)19(22)23/h5-7,9,11,16,20-21H,8,10H2,1-4H3;5-8,15,18H,1-4H3. The van der Waals surface area contributed by atoms with E-state index in [0.29, 0.717) is 52.5 Å². The number of hydrogen-bond donors (Lipinski definition) is 1. The summed E-state index contributed by atoms with van der Waals surface area (Å²) in [5.41, 5.74) is 3.57. The van der Waals surface area contributed by atoms with E-state index in [0.717, 1.165) is 23.3 Å². The molecular weight excluding hydrogens is 700 g/mol. The first-order chi connectivity index (χ1) is 25.8. The quantitative estimate of drug-likeness (QED) is 0.171. The molecule has 4 heterocycles. The zero-order valence-electron chi connectivity index (χ0n) is 31.3. The van der Waals surface area contributed by atoms with Crippen LogP contribution in [0.2, 0.25) is 0 Å². The summed E-state index contributed by atoms with van der Waals surface area (Å²) >= 11 is 0. The normalized spacial score (nSPS) is 19.6. The highest BCUT2D eigenvalue weighted by molar-refractivity contribution is 6.06. The number of ketones is 1. The Kier molecular flexibility index (Phi) is 10.6. The molecule has 0 fully saturated rings. The molecule has 0 aromatic heterocycles. The molecule has 0 radical (unpaired) electrons. The second-order valence-corrected chi connectivity index (χ2v) is 13.5. The van der Waals surface area contributed by atoms with Crippen LogP contribution in [-0.4, -0.2) is 69.9 Å². The van der Waals surface area contributed by atoms with Crippen LogP contribution < -0.4 is 29.0 Å². The van der Waals surface area contributed by atoms with Crippen LogP contribution in [0, 0.1) is 16.0 Å². The SMILES string of the molecule is COC(=O)C1=C(C)NC(C)=C(C(=O)OC)C1c1ccccc1[N+](=O)[O-].COc1cc2c(cc1OC)C1C(=O)c3ccc4c(c3OC1CO2)CC(C(C)C)O4. The highest BCUT2D eigenvalue weighted by Gasteiger charge is 2.46. The lowest BCUT2D eigenvalue weighted by Crippen LogP contribution is -2.43. The van der Waals surface area contributed by atoms with Crippen molar-refractivity contribution in [3.8, 4) is 28.7 Å². The van der Waals surface area contributed by atoms with Gasteiger partial charge in [-0.3, -0.25) is 14.9 Å². The van der Waals surface area contributed by atoms with Crippen molar-refractivity contribution in [1.82, 2.24) is 5.32 Å². The number of carbonyl (C=O) groups is 3. The number of nitrogens with one attached hydrogen (secondary N) is 1. The van der Waals surface area contributed by atoms with Gasteiger partial charge < -0.3 is 38.5 Å². The molecule has 0 saturated heterocycles. The number of ether oxygens (including phenoxy) is 7. The summed E-state index contributed by atoms with van der Waals surface area (Å²) in [4.78, 5) is 49.1. The summed E-state index contributed by atoms with van der Waals surface area (Å²) in [6.07, 6.45) is 0.474. The van der Waals surface area contributed by atoms with Gasteiger partial charge in [-0.2, -0.15) is 0 Å². The van der Waals surface area contributed by atoms with Crippen LogP contribution in [0.4, 0.5) is 5.69 Å². The summed E-state index contributed by atoms with van der Waals surface area (Å²) in [5.74, 6) is 0.913. The average molecular weight is 743 g/mol. The zero-order chi connectivity index (χ0) is 39.0. The molecule has 0 aliphatic carbocycles. The highest BCUT2D eigenvalue weighted by Crippen LogP contribution is 2.50. The zero-order valence-corrected chi connectivity index (χ0v) is 31.3. The van der Waals surface area contributed by atoms with Crippen molar-refractivity contribution in [1.29, 1.82) is 0 Å². The number of methoxy groups -OCH3 is 4. The molecule has 1 N–H and O–H groups in total. The number of hydrogen-bond acceptors (Lipinski definition) is 13. The van der Waals surface area contributed by atoms with Crippen molar-refractivity contribution in [3.05, 3.63) is 103 Å². The number of carbonyl (C=O) groups excluding carboxylic acids is 3. The van der Waals surface area contributed by atoms with Gasteiger partial charge in [0.05, 0.1) is 61.9 Å². The fraction of sp³-hybridized carbons (Fsp3) is 0.375.